The molecule has 4 rings (SSSR count). The van der Waals surface area contributed by atoms with Gasteiger partial charge in [0, 0.05) is 26.1 Å². The van der Waals surface area contributed by atoms with Crippen LogP contribution >= 0.6 is 0 Å². The van der Waals surface area contributed by atoms with Crippen molar-refractivity contribution in [1.29, 1.82) is 0 Å². The molecule has 0 saturated carbocycles. The number of fused-ring (bicyclic) bond motifs is 1. The third-order valence-electron chi connectivity index (χ3n) is 7.04. The number of phenols is 1. The lowest BCUT2D eigenvalue weighted by atomic mass is 9.92. The first-order chi connectivity index (χ1) is 19.0. The van der Waals surface area contributed by atoms with E-state index in [2.05, 4.69) is 29.7 Å². The van der Waals surface area contributed by atoms with Crippen LogP contribution in [0.1, 0.15) is 47.2 Å². The zero-order valence-electron chi connectivity index (χ0n) is 23.7. The molecule has 212 valence electrons. The van der Waals surface area contributed by atoms with Gasteiger partial charge in [-0.25, -0.2) is 0 Å². The molecule has 5 N–H and O–H groups in total. The first-order valence-corrected chi connectivity index (χ1v) is 13.5. The summed E-state index contributed by atoms with van der Waals surface area (Å²) in [4.78, 5) is 36.6. The van der Waals surface area contributed by atoms with E-state index in [-0.39, 0.29) is 36.1 Å². The molecule has 1 aliphatic rings. The van der Waals surface area contributed by atoms with E-state index in [1.807, 2.05) is 61.2 Å². The molecule has 1 aliphatic heterocycles. The molecule has 0 aliphatic carbocycles. The van der Waals surface area contributed by atoms with Crippen LogP contribution in [-0.4, -0.2) is 46.4 Å². The van der Waals surface area contributed by atoms with Crippen molar-refractivity contribution in [3.63, 3.8) is 0 Å². The lowest BCUT2D eigenvalue weighted by Crippen LogP contribution is -2.50. The smallest absolute Gasteiger partial charge is 0.240 e. The van der Waals surface area contributed by atoms with Crippen molar-refractivity contribution in [1.82, 2.24) is 15.5 Å². The number of nitrogens with two attached hydrogens (primary N) is 1. The maximum absolute atomic E-state index is 13.0. The second-order valence-corrected chi connectivity index (χ2v) is 10.3. The summed E-state index contributed by atoms with van der Waals surface area (Å²) in [6.45, 7) is 8.49. The minimum absolute atomic E-state index is 0.00567. The number of benzene rings is 3. The van der Waals surface area contributed by atoms with Crippen molar-refractivity contribution in [3.8, 4) is 5.75 Å². The molecule has 3 aromatic carbocycles. The standard InChI is InChI=1S/C21H26N2O2.C11H14N2O2/c1-13-8-18(24)9-14(2)19(13)11-20(22)21(25)23-12-17-7-5-4-6-16(17)10-15(23)3;1-9(14)12-8-11(15)13-7-10-5-3-2-4-6-10/h4-9,15,20,24H,10-12,22H2,1-3H3;2-6H,7-8H2,1H3,(H,12,14)(H,13,15). The summed E-state index contributed by atoms with van der Waals surface area (Å²) in [5.41, 5.74) is 12.8. The molecule has 3 aromatic rings. The maximum atomic E-state index is 13.0. The quantitative estimate of drug-likeness (QED) is 0.363. The molecule has 0 saturated heterocycles. The van der Waals surface area contributed by atoms with Crippen molar-refractivity contribution >= 4 is 17.7 Å². The molecule has 0 radical (unpaired) electrons. The van der Waals surface area contributed by atoms with Gasteiger partial charge in [-0.1, -0.05) is 54.6 Å². The topological polar surface area (TPSA) is 125 Å². The minimum atomic E-state index is -0.574. The summed E-state index contributed by atoms with van der Waals surface area (Å²) in [5.74, 6) is -0.146. The second-order valence-electron chi connectivity index (χ2n) is 10.3. The first kappa shape index (κ1) is 30.4. The maximum Gasteiger partial charge on any atom is 0.240 e. The van der Waals surface area contributed by atoms with Gasteiger partial charge in [-0.15, -0.1) is 0 Å². The Morgan fingerprint density at radius 1 is 0.975 bits per heavy atom. The highest BCUT2D eigenvalue weighted by molar-refractivity contribution is 5.83. The number of hydrogen-bond donors (Lipinski definition) is 4. The van der Waals surface area contributed by atoms with Crippen LogP contribution in [0.5, 0.6) is 5.75 Å². The van der Waals surface area contributed by atoms with Gasteiger partial charge in [0.15, 0.2) is 0 Å². The zero-order valence-corrected chi connectivity index (χ0v) is 23.7. The molecular weight excluding hydrogens is 504 g/mol. The minimum Gasteiger partial charge on any atom is -0.508 e. The van der Waals surface area contributed by atoms with E-state index >= 15 is 0 Å². The Labute approximate surface area is 236 Å². The van der Waals surface area contributed by atoms with E-state index in [1.165, 1.54) is 18.1 Å². The van der Waals surface area contributed by atoms with E-state index < -0.39 is 6.04 Å². The van der Waals surface area contributed by atoms with Gasteiger partial charge in [0.1, 0.15) is 5.75 Å². The number of phenolic OH excluding ortho intramolecular Hbond substituents is 1. The number of rotatable bonds is 7. The third kappa shape index (κ3) is 8.68. The van der Waals surface area contributed by atoms with Crippen molar-refractivity contribution in [2.24, 2.45) is 5.73 Å². The Hall–Kier alpha value is -4.17. The van der Waals surface area contributed by atoms with Crippen molar-refractivity contribution in [3.05, 3.63) is 100 Å². The van der Waals surface area contributed by atoms with Crippen molar-refractivity contribution in [2.75, 3.05) is 6.54 Å². The summed E-state index contributed by atoms with van der Waals surface area (Å²) in [7, 11) is 0. The number of hydrogen-bond acceptors (Lipinski definition) is 5. The van der Waals surface area contributed by atoms with E-state index in [9.17, 15) is 19.5 Å². The van der Waals surface area contributed by atoms with Crippen molar-refractivity contribution in [2.45, 2.75) is 65.7 Å². The number of nitrogens with one attached hydrogen (secondary N) is 2. The Morgan fingerprint density at radius 2 is 1.57 bits per heavy atom. The summed E-state index contributed by atoms with van der Waals surface area (Å²) in [6.07, 6.45) is 1.35. The second kappa shape index (κ2) is 14.3. The van der Waals surface area contributed by atoms with Crippen LogP contribution in [0, 0.1) is 13.8 Å². The van der Waals surface area contributed by atoms with E-state index in [0.29, 0.717) is 19.5 Å². The van der Waals surface area contributed by atoms with Crippen LogP contribution in [0.25, 0.3) is 0 Å². The predicted octanol–water partition coefficient (Wildman–Crippen LogP) is 3.29. The van der Waals surface area contributed by atoms with Crippen LogP contribution in [0.3, 0.4) is 0 Å². The van der Waals surface area contributed by atoms with Crippen LogP contribution in [0.15, 0.2) is 66.7 Å². The Kier molecular flexibility index (Phi) is 10.8. The Morgan fingerprint density at radius 3 is 2.20 bits per heavy atom. The summed E-state index contributed by atoms with van der Waals surface area (Å²) in [6, 6.07) is 20.9. The molecule has 3 amide bonds. The first-order valence-electron chi connectivity index (χ1n) is 13.5. The SMILES string of the molecule is CC(=O)NCC(=O)NCc1ccccc1.Cc1cc(O)cc(C)c1CC(N)C(=O)N1Cc2ccccc2CC1C. The highest BCUT2D eigenvalue weighted by Gasteiger charge is 2.30. The van der Waals surface area contributed by atoms with Crippen molar-refractivity contribution < 1.29 is 19.5 Å². The fourth-order valence-electron chi connectivity index (χ4n) is 4.85. The van der Waals surface area contributed by atoms with Gasteiger partial charge in [-0.3, -0.25) is 14.4 Å². The van der Waals surface area contributed by atoms with Gasteiger partial charge >= 0.3 is 0 Å². The molecule has 2 unspecified atom stereocenters. The van der Waals surface area contributed by atoms with Gasteiger partial charge in [0.05, 0.1) is 12.6 Å². The number of nitrogens with zero attached hydrogens (tertiary/aromatic N) is 1. The molecule has 0 bridgehead atoms. The normalized spacial score (nSPS) is 14.7. The number of amides is 3. The highest BCUT2D eigenvalue weighted by atomic mass is 16.3. The molecule has 40 heavy (non-hydrogen) atoms. The predicted molar refractivity (Wildman–Crippen MR) is 156 cm³/mol. The van der Waals surface area contributed by atoms with Gasteiger partial charge in [-0.2, -0.15) is 0 Å². The largest absolute Gasteiger partial charge is 0.508 e. The molecular formula is C32H40N4O4. The van der Waals surface area contributed by atoms with Gasteiger partial charge in [-0.05, 0) is 79.1 Å². The molecule has 8 nitrogen and oxygen atoms in total. The van der Waals surface area contributed by atoms with Crippen LogP contribution in [-0.2, 0) is 40.3 Å². The third-order valence-corrected chi connectivity index (χ3v) is 7.04. The van der Waals surface area contributed by atoms with Crippen LogP contribution in [0.4, 0.5) is 0 Å². The average Bonchev–Trinajstić information content (AvgIpc) is 2.92. The lowest BCUT2D eigenvalue weighted by Gasteiger charge is -2.36. The summed E-state index contributed by atoms with van der Waals surface area (Å²) >= 11 is 0. The van der Waals surface area contributed by atoms with Crippen LogP contribution < -0.4 is 16.4 Å². The number of carbonyl (C=O) groups excluding carboxylic acids is 3. The van der Waals surface area contributed by atoms with Gasteiger partial charge in [0.2, 0.25) is 17.7 Å². The number of aryl methyl sites for hydroxylation is 2. The molecule has 1 heterocycles. The Bertz CT molecular complexity index is 1300. The average molecular weight is 545 g/mol. The van der Waals surface area contributed by atoms with E-state index in [1.54, 1.807) is 12.1 Å². The monoisotopic (exact) mass is 544 g/mol. The number of aromatic hydroxyl groups is 1. The molecule has 2 atom stereocenters. The van der Waals surface area contributed by atoms with Gasteiger partial charge in [0.25, 0.3) is 0 Å². The fraction of sp³-hybridized carbons (Fsp3) is 0.344. The molecule has 8 heteroatoms. The highest BCUT2D eigenvalue weighted by Crippen LogP contribution is 2.25. The fourth-order valence-corrected chi connectivity index (χ4v) is 4.85. The summed E-state index contributed by atoms with van der Waals surface area (Å²) in [5, 5.41) is 14.8. The van der Waals surface area contributed by atoms with E-state index in [0.717, 1.165) is 28.7 Å². The van der Waals surface area contributed by atoms with Gasteiger partial charge < -0.3 is 26.4 Å². The molecule has 0 aromatic heterocycles. The summed E-state index contributed by atoms with van der Waals surface area (Å²) < 4.78 is 0. The zero-order chi connectivity index (χ0) is 29.2. The van der Waals surface area contributed by atoms with Crippen LogP contribution in [0.2, 0.25) is 0 Å². The molecule has 0 spiro atoms. The Balaban J connectivity index is 0.000000252. The number of carbonyl (C=O) groups is 3. The molecule has 0 fully saturated rings. The van der Waals surface area contributed by atoms with E-state index in [4.69, 9.17) is 5.73 Å². The lowest BCUT2D eigenvalue weighted by molar-refractivity contribution is -0.135.